The molecule has 1 amide bonds. The number of benzene rings is 1. The molecule has 2 aliphatic rings. The lowest BCUT2D eigenvalue weighted by Crippen LogP contribution is -2.65. The van der Waals surface area contributed by atoms with Crippen LogP contribution in [0.1, 0.15) is 28.2 Å². The number of likely N-dealkylation sites (tertiary alicyclic amines) is 1. The molecule has 5 rings (SSSR count). The molecule has 31 heavy (non-hydrogen) atoms. The van der Waals surface area contributed by atoms with Gasteiger partial charge in [0, 0.05) is 54.3 Å². The molecule has 0 unspecified atom stereocenters. The van der Waals surface area contributed by atoms with Gasteiger partial charge in [0.1, 0.15) is 5.82 Å². The number of aromatic nitrogens is 3. The number of amides is 1. The number of piperidine rings is 1. The van der Waals surface area contributed by atoms with Crippen molar-refractivity contribution in [3.63, 3.8) is 0 Å². The van der Waals surface area contributed by atoms with Gasteiger partial charge in [0.05, 0.1) is 11.7 Å². The van der Waals surface area contributed by atoms with Crippen LogP contribution in [0, 0.1) is 25.6 Å². The Balaban J connectivity index is 1.40. The summed E-state index contributed by atoms with van der Waals surface area (Å²) in [4.78, 5) is 31.1. The average molecular weight is 417 g/mol. The Morgan fingerprint density at radius 2 is 1.87 bits per heavy atom. The van der Waals surface area contributed by atoms with E-state index in [0.29, 0.717) is 35.8 Å². The fraction of sp³-hybridized carbons (Fsp3) is 0.333. The number of hydrogen-bond donors (Lipinski definition) is 0. The van der Waals surface area contributed by atoms with Crippen LogP contribution in [0.3, 0.4) is 0 Å². The number of pyridine rings is 1. The Morgan fingerprint density at radius 3 is 2.61 bits per heavy atom. The maximum atomic E-state index is 14.0. The van der Waals surface area contributed by atoms with Crippen LogP contribution in [0.2, 0.25) is 0 Å². The SMILES string of the molecule is Cc1cc(C)nc(N2C[C@@H]3CCN(C(=O)c4ccc(F)cc4-c4ccccn4)C[C@@H]32)n1. The molecule has 0 spiro atoms. The van der Waals surface area contributed by atoms with Gasteiger partial charge in [-0.2, -0.15) is 0 Å². The van der Waals surface area contributed by atoms with E-state index in [1.807, 2.05) is 30.9 Å². The second kappa shape index (κ2) is 7.72. The minimum Gasteiger partial charge on any atom is -0.337 e. The number of rotatable bonds is 3. The molecule has 0 N–H and O–H groups in total. The number of anilines is 1. The van der Waals surface area contributed by atoms with E-state index in [4.69, 9.17) is 0 Å². The van der Waals surface area contributed by atoms with Gasteiger partial charge in [-0.1, -0.05) is 6.07 Å². The molecule has 3 aromatic rings. The topological polar surface area (TPSA) is 62.2 Å². The van der Waals surface area contributed by atoms with Gasteiger partial charge < -0.3 is 9.80 Å². The molecule has 2 atom stereocenters. The molecule has 2 aliphatic heterocycles. The maximum absolute atomic E-state index is 14.0. The Labute approximate surface area is 180 Å². The van der Waals surface area contributed by atoms with Crippen molar-refractivity contribution in [2.75, 3.05) is 24.5 Å². The van der Waals surface area contributed by atoms with E-state index >= 15 is 0 Å². The first-order valence-electron chi connectivity index (χ1n) is 10.6. The molecule has 0 aliphatic carbocycles. The van der Waals surface area contributed by atoms with E-state index < -0.39 is 0 Å². The summed E-state index contributed by atoms with van der Waals surface area (Å²) in [7, 11) is 0. The highest BCUT2D eigenvalue weighted by atomic mass is 19.1. The summed E-state index contributed by atoms with van der Waals surface area (Å²) < 4.78 is 14.0. The summed E-state index contributed by atoms with van der Waals surface area (Å²) in [5.74, 6) is 0.807. The number of carbonyl (C=O) groups is 1. The van der Waals surface area contributed by atoms with Gasteiger partial charge in [-0.3, -0.25) is 9.78 Å². The van der Waals surface area contributed by atoms with Crippen molar-refractivity contribution in [3.8, 4) is 11.3 Å². The van der Waals surface area contributed by atoms with Gasteiger partial charge in [0.15, 0.2) is 0 Å². The molecule has 158 valence electrons. The number of halogens is 1. The van der Waals surface area contributed by atoms with Crippen LogP contribution >= 0.6 is 0 Å². The van der Waals surface area contributed by atoms with Crippen molar-refractivity contribution in [1.82, 2.24) is 19.9 Å². The van der Waals surface area contributed by atoms with Crippen LogP contribution in [0.25, 0.3) is 11.3 Å². The molecule has 1 aromatic carbocycles. The van der Waals surface area contributed by atoms with Crippen LogP contribution in [0.5, 0.6) is 0 Å². The molecule has 0 saturated carbocycles. The number of carbonyl (C=O) groups excluding carboxylic acids is 1. The van der Waals surface area contributed by atoms with Gasteiger partial charge in [0.25, 0.3) is 5.91 Å². The quantitative estimate of drug-likeness (QED) is 0.651. The highest BCUT2D eigenvalue weighted by Gasteiger charge is 2.45. The van der Waals surface area contributed by atoms with Gasteiger partial charge >= 0.3 is 0 Å². The first-order chi connectivity index (χ1) is 15.0. The van der Waals surface area contributed by atoms with Crippen molar-refractivity contribution in [2.45, 2.75) is 26.3 Å². The Morgan fingerprint density at radius 1 is 1.06 bits per heavy atom. The van der Waals surface area contributed by atoms with Gasteiger partial charge in [-0.05, 0) is 56.7 Å². The Kier molecular flexibility index (Phi) is 4.88. The van der Waals surface area contributed by atoms with Crippen LogP contribution in [0.4, 0.5) is 10.3 Å². The number of aryl methyl sites for hydroxylation is 2. The van der Waals surface area contributed by atoms with Crippen LogP contribution in [-0.2, 0) is 0 Å². The maximum Gasteiger partial charge on any atom is 0.254 e. The first kappa shape index (κ1) is 19.6. The minimum absolute atomic E-state index is 0.0905. The third kappa shape index (κ3) is 3.65. The predicted molar refractivity (Wildman–Crippen MR) is 116 cm³/mol. The normalized spacial score (nSPS) is 20.2. The summed E-state index contributed by atoms with van der Waals surface area (Å²) in [6, 6.07) is 11.9. The molecule has 2 saturated heterocycles. The fourth-order valence-electron chi connectivity index (χ4n) is 4.65. The molecule has 2 fully saturated rings. The smallest absolute Gasteiger partial charge is 0.254 e. The predicted octanol–water partition coefficient (Wildman–Crippen LogP) is 3.65. The van der Waals surface area contributed by atoms with E-state index in [9.17, 15) is 9.18 Å². The second-order valence-corrected chi connectivity index (χ2v) is 8.38. The van der Waals surface area contributed by atoms with Crippen molar-refractivity contribution >= 4 is 11.9 Å². The summed E-state index contributed by atoms with van der Waals surface area (Å²) in [5.41, 5.74) is 3.49. The van der Waals surface area contributed by atoms with Crippen LogP contribution < -0.4 is 4.90 Å². The van der Waals surface area contributed by atoms with Crippen molar-refractivity contribution in [3.05, 3.63) is 71.4 Å². The molecule has 2 aromatic heterocycles. The Bertz CT molecular complexity index is 1120. The zero-order valence-electron chi connectivity index (χ0n) is 17.6. The zero-order chi connectivity index (χ0) is 21.5. The molecule has 4 heterocycles. The van der Waals surface area contributed by atoms with E-state index in [1.165, 1.54) is 12.1 Å². The first-order valence-corrected chi connectivity index (χ1v) is 10.6. The fourth-order valence-corrected chi connectivity index (χ4v) is 4.65. The largest absolute Gasteiger partial charge is 0.337 e. The van der Waals surface area contributed by atoms with Crippen molar-refractivity contribution in [2.24, 2.45) is 5.92 Å². The van der Waals surface area contributed by atoms with Crippen molar-refractivity contribution < 1.29 is 9.18 Å². The lowest BCUT2D eigenvalue weighted by molar-refractivity contribution is 0.0590. The van der Waals surface area contributed by atoms with E-state index in [2.05, 4.69) is 19.9 Å². The van der Waals surface area contributed by atoms with Gasteiger partial charge in [-0.15, -0.1) is 0 Å². The average Bonchev–Trinajstić information content (AvgIpc) is 2.74. The molecule has 0 radical (unpaired) electrons. The highest BCUT2D eigenvalue weighted by molar-refractivity contribution is 6.00. The third-order valence-electron chi connectivity index (χ3n) is 6.22. The Hall–Kier alpha value is -3.35. The summed E-state index contributed by atoms with van der Waals surface area (Å²) in [6.07, 6.45) is 2.59. The van der Waals surface area contributed by atoms with E-state index in [-0.39, 0.29) is 17.8 Å². The summed E-state index contributed by atoms with van der Waals surface area (Å²) >= 11 is 0. The second-order valence-electron chi connectivity index (χ2n) is 8.38. The summed E-state index contributed by atoms with van der Waals surface area (Å²) in [6.45, 7) is 6.17. The lowest BCUT2D eigenvalue weighted by atomic mass is 9.82. The third-order valence-corrected chi connectivity index (χ3v) is 6.22. The number of nitrogens with zero attached hydrogens (tertiary/aromatic N) is 5. The molecule has 0 bridgehead atoms. The molecular formula is C24H24FN5O. The van der Waals surface area contributed by atoms with Crippen molar-refractivity contribution in [1.29, 1.82) is 0 Å². The van der Waals surface area contributed by atoms with Crippen LogP contribution in [0.15, 0.2) is 48.7 Å². The van der Waals surface area contributed by atoms with E-state index in [0.717, 1.165) is 30.3 Å². The standard InChI is InChI=1S/C24H24FN5O/c1-15-11-16(2)28-24(27-15)30-13-17-8-10-29(14-22(17)30)23(31)19-7-6-18(25)12-20(19)21-5-3-4-9-26-21/h3-7,9,11-12,17,22H,8,10,13-14H2,1-2H3/t17-,22-/m0/s1. The zero-order valence-corrected chi connectivity index (χ0v) is 17.6. The van der Waals surface area contributed by atoms with Crippen LogP contribution in [-0.4, -0.2) is 51.4 Å². The molecule has 7 heteroatoms. The van der Waals surface area contributed by atoms with E-state index in [1.54, 1.807) is 24.4 Å². The van der Waals surface area contributed by atoms with Gasteiger partial charge in [0.2, 0.25) is 5.95 Å². The molecule has 6 nitrogen and oxygen atoms in total. The highest BCUT2D eigenvalue weighted by Crippen LogP contribution is 2.36. The monoisotopic (exact) mass is 417 g/mol. The lowest BCUT2D eigenvalue weighted by Gasteiger charge is -2.53. The van der Waals surface area contributed by atoms with Gasteiger partial charge in [-0.25, -0.2) is 14.4 Å². The minimum atomic E-state index is -0.381. The summed E-state index contributed by atoms with van der Waals surface area (Å²) in [5, 5.41) is 0. The number of hydrogen-bond acceptors (Lipinski definition) is 5. The molecular weight excluding hydrogens is 393 g/mol. The number of fused-ring (bicyclic) bond motifs is 1.